The molecule has 0 radical (unpaired) electrons. The Kier molecular flexibility index (Phi) is 3.14. The maximum Gasteiger partial charge on any atom is 0.109 e. The van der Waals surface area contributed by atoms with Gasteiger partial charge in [0.15, 0.2) is 0 Å². The van der Waals surface area contributed by atoms with Gasteiger partial charge in [0.05, 0.1) is 18.8 Å². The molecule has 0 spiro atoms. The molecular weight excluding hydrogens is 243 g/mol. The fourth-order valence-electron chi connectivity index (χ4n) is 0.716. The Bertz CT molecular complexity index is 199. The molecular formula is C6H9IN2O. The molecule has 0 saturated carbocycles. The molecule has 1 aromatic rings. The third-order valence-corrected chi connectivity index (χ3v) is 1.61. The second-order valence-electron chi connectivity index (χ2n) is 2.03. The highest BCUT2D eigenvalue weighted by molar-refractivity contribution is 14.1. The first-order chi connectivity index (χ1) is 4.83. The minimum Gasteiger partial charge on any atom is -0.314 e. The van der Waals surface area contributed by atoms with E-state index in [4.69, 9.17) is 3.07 Å². The minimum atomic E-state index is 0.710. The van der Waals surface area contributed by atoms with Crippen LogP contribution in [0.3, 0.4) is 0 Å². The molecule has 4 heteroatoms. The standard InChI is InChI=1S/C6H9IN2O/c1-6-2-3-9(8-6)4-5-10-7/h2-3H,4-5H2,1H3. The normalized spacial score (nSPS) is 10.2. The highest BCUT2D eigenvalue weighted by atomic mass is 127. The van der Waals surface area contributed by atoms with Crippen LogP contribution < -0.4 is 0 Å². The van der Waals surface area contributed by atoms with E-state index in [9.17, 15) is 0 Å². The van der Waals surface area contributed by atoms with Crippen molar-refractivity contribution in [1.29, 1.82) is 0 Å². The average molecular weight is 252 g/mol. The predicted octanol–water partition coefficient (Wildman–Crippen LogP) is 1.56. The summed E-state index contributed by atoms with van der Waals surface area (Å²) < 4.78 is 6.73. The number of halogens is 1. The molecule has 0 fully saturated rings. The fourth-order valence-corrected chi connectivity index (χ4v) is 0.913. The summed E-state index contributed by atoms with van der Waals surface area (Å²) in [7, 11) is 0. The lowest BCUT2D eigenvalue weighted by atomic mass is 10.5. The lowest BCUT2D eigenvalue weighted by Gasteiger charge is -1.96. The topological polar surface area (TPSA) is 27.1 Å². The Morgan fingerprint density at radius 2 is 2.60 bits per heavy atom. The molecule has 0 unspecified atom stereocenters. The van der Waals surface area contributed by atoms with Crippen molar-refractivity contribution >= 4 is 23.0 Å². The Morgan fingerprint density at radius 3 is 3.10 bits per heavy atom. The Hall–Kier alpha value is -0.100. The van der Waals surface area contributed by atoms with E-state index in [1.807, 2.05) is 46.9 Å². The Balaban J connectivity index is 2.42. The van der Waals surface area contributed by atoms with Gasteiger partial charge in [-0.25, -0.2) is 0 Å². The van der Waals surface area contributed by atoms with Gasteiger partial charge >= 0.3 is 0 Å². The second-order valence-corrected chi connectivity index (χ2v) is 2.66. The maximum atomic E-state index is 4.86. The van der Waals surface area contributed by atoms with Crippen LogP contribution in [0.15, 0.2) is 12.3 Å². The Labute approximate surface area is 74.1 Å². The van der Waals surface area contributed by atoms with Crippen LogP contribution in [0.4, 0.5) is 0 Å². The summed E-state index contributed by atoms with van der Waals surface area (Å²) >= 11 is 1.88. The van der Waals surface area contributed by atoms with E-state index < -0.39 is 0 Å². The van der Waals surface area contributed by atoms with Crippen molar-refractivity contribution < 1.29 is 3.07 Å². The van der Waals surface area contributed by atoms with Crippen LogP contribution in [0.2, 0.25) is 0 Å². The first-order valence-electron chi connectivity index (χ1n) is 3.06. The molecule has 0 aliphatic carbocycles. The van der Waals surface area contributed by atoms with Gasteiger partial charge in [0.1, 0.15) is 23.0 Å². The van der Waals surface area contributed by atoms with E-state index in [2.05, 4.69) is 5.10 Å². The third-order valence-electron chi connectivity index (χ3n) is 1.17. The molecule has 0 N–H and O–H groups in total. The fraction of sp³-hybridized carbons (Fsp3) is 0.500. The number of nitrogens with zero attached hydrogens (tertiary/aromatic N) is 2. The van der Waals surface area contributed by atoms with Gasteiger partial charge in [-0.15, -0.1) is 0 Å². The molecule has 0 aliphatic rings. The van der Waals surface area contributed by atoms with Crippen molar-refractivity contribution in [3.8, 4) is 0 Å². The summed E-state index contributed by atoms with van der Waals surface area (Å²) in [5.41, 5.74) is 1.05. The van der Waals surface area contributed by atoms with Crippen LogP contribution in [-0.2, 0) is 9.61 Å². The van der Waals surface area contributed by atoms with E-state index in [0.29, 0.717) is 6.61 Å². The summed E-state index contributed by atoms with van der Waals surface area (Å²) in [5.74, 6) is 0. The zero-order valence-electron chi connectivity index (χ0n) is 5.75. The summed E-state index contributed by atoms with van der Waals surface area (Å²) in [6, 6.07) is 1.98. The lowest BCUT2D eigenvalue weighted by Crippen LogP contribution is -2.02. The van der Waals surface area contributed by atoms with Crippen LogP contribution in [-0.4, -0.2) is 16.4 Å². The van der Waals surface area contributed by atoms with Crippen molar-refractivity contribution in [3.05, 3.63) is 18.0 Å². The molecule has 1 aromatic heterocycles. The van der Waals surface area contributed by atoms with E-state index in [1.165, 1.54) is 0 Å². The van der Waals surface area contributed by atoms with Crippen LogP contribution in [0, 0.1) is 6.92 Å². The molecule has 56 valence electrons. The first-order valence-corrected chi connectivity index (χ1v) is 3.94. The molecule has 0 amide bonds. The number of aromatic nitrogens is 2. The summed E-state index contributed by atoms with van der Waals surface area (Å²) in [6.45, 7) is 3.51. The van der Waals surface area contributed by atoms with Gasteiger partial charge in [0.2, 0.25) is 0 Å². The second kappa shape index (κ2) is 3.92. The molecule has 0 aliphatic heterocycles. The number of aryl methyl sites for hydroxylation is 1. The zero-order valence-corrected chi connectivity index (χ0v) is 7.91. The van der Waals surface area contributed by atoms with E-state index in [1.54, 1.807) is 0 Å². The Morgan fingerprint density at radius 1 is 1.80 bits per heavy atom. The van der Waals surface area contributed by atoms with Crippen molar-refractivity contribution in [2.24, 2.45) is 0 Å². The SMILES string of the molecule is Cc1ccn(CCOI)n1. The van der Waals surface area contributed by atoms with E-state index in [-0.39, 0.29) is 0 Å². The van der Waals surface area contributed by atoms with Crippen molar-refractivity contribution in [1.82, 2.24) is 9.78 Å². The van der Waals surface area contributed by atoms with Crippen molar-refractivity contribution in [3.63, 3.8) is 0 Å². The number of hydrogen-bond acceptors (Lipinski definition) is 2. The highest BCUT2D eigenvalue weighted by Crippen LogP contribution is 1.93. The van der Waals surface area contributed by atoms with Crippen LogP contribution in [0.25, 0.3) is 0 Å². The molecule has 0 atom stereocenters. The van der Waals surface area contributed by atoms with Crippen LogP contribution >= 0.6 is 23.0 Å². The molecule has 0 aromatic carbocycles. The van der Waals surface area contributed by atoms with E-state index in [0.717, 1.165) is 12.2 Å². The first kappa shape index (κ1) is 8.00. The molecule has 1 rings (SSSR count). The summed E-state index contributed by atoms with van der Waals surface area (Å²) in [6.07, 6.45) is 1.95. The largest absolute Gasteiger partial charge is 0.314 e. The number of rotatable bonds is 3. The van der Waals surface area contributed by atoms with Gasteiger partial charge in [-0.3, -0.25) is 4.68 Å². The summed E-state index contributed by atoms with van der Waals surface area (Å²) in [5, 5.41) is 4.18. The van der Waals surface area contributed by atoms with Gasteiger partial charge < -0.3 is 3.07 Å². The minimum absolute atomic E-state index is 0.710. The molecule has 10 heavy (non-hydrogen) atoms. The average Bonchev–Trinajstić information content (AvgIpc) is 2.31. The molecule has 3 nitrogen and oxygen atoms in total. The highest BCUT2D eigenvalue weighted by Gasteiger charge is 1.91. The monoisotopic (exact) mass is 252 g/mol. The molecule has 0 saturated heterocycles. The number of hydrogen-bond donors (Lipinski definition) is 0. The van der Waals surface area contributed by atoms with Gasteiger partial charge in [0.25, 0.3) is 0 Å². The predicted molar refractivity (Wildman–Crippen MR) is 46.9 cm³/mol. The molecule has 0 bridgehead atoms. The third kappa shape index (κ3) is 2.26. The zero-order chi connectivity index (χ0) is 7.40. The van der Waals surface area contributed by atoms with Crippen LogP contribution in [0.1, 0.15) is 5.69 Å². The lowest BCUT2D eigenvalue weighted by molar-refractivity contribution is 0.379. The summed E-state index contributed by atoms with van der Waals surface area (Å²) in [4.78, 5) is 0. The van der Waals surface area contributed by atoms with Crippen molar-refractivity contribution in [2.45, 2.75) is 13.5 Å². The van der Waals surface area contributed by atoms with Crippen LogP contribution in [0.5, 0.6) is 0 Å². The van der Waals surface area contributed by atoms with Crippen molar-refractivity contribution in [2.75, 3.05) is 6.61 Å². The van der Waals surface area contributed by atoms with Gasteiger partial charge in [-0.05, 0) is 13.0 Å². The maximum absolute atomic E-state index is 4.86. The molecule has 1 heterocycles. The van der Waals surface area contributed by atoms with E-state index >= 15 is 0 Å². The smallest absolute Gasteiger partial charge is 0.109 e. The van der Waals surface area contributed by atoms with Gasteiger partial charge in [0, 0.05) is 6.20 Å². The van der Waals surface area contributed by atoms with Gasteiger partial charge in [-0.2, -0.15) is 5.10 Å². The van der Waals surface area contributed by atoms with Gasteiger partial charge in [-0.1, -0.05) is 0 Å². The quantitative estimate of drug-likeness (QED) is 0.763.